The molecule has 1 fully saturated rings. The Hall–Kier alpha value is -1.36. The standard InChI is InChI=1S/C15H21NO3S/c1-3-5-11-8-13(20-10(11)2)14(17)16-7-4-6-12(9-16)15(18)19/h8,12H,3-7,9H2,1-2H3,(H,18,19)/t12-/m1/s1. The van der Waals surface area contributed by atoms with E-state index in [9.17, 15) is 9.59 Å². The number of aliphatic carboxylic acids is 1. The van der Waals surface area contributed by atoms with Gasteiger partial charge in [0.15, 0.2) is 0 Å². The fraction of sp³-hybridized carbons (Fsp3) is 0.600. The first-order valence-corrected chi connectivity index (χ1v) is 7.96. The molecule has 0 aliphatic carbocycles. The summed E-state index contributed by atoms with van der Waals surface area (Å²) in [5, 5.41) is 9.09. The number of aryl methyl sites for hydroxylation is 2. The van der Waals surface area contributed by atoms with Crippen LogP contribution in [0.25, 0.3) is 0 Å². The van der Waals surface area contributed by atoms with Gasteiger partial charge in [-0.2, -0.15) is 0 Å². The van der Waals surface area contributed by atoms with Crippen LogP contribution in [0.15, 0.2) is 6.07 Å². The van der Waals surface area contributed by atoms with Gasteiger partial charge in [-0.05, 0) is 37.8 Å². The average Bonchev–Trinajstić information content (AvgIpc) is 2.80. The molecule has 1 saturated heterocycles. The van der Waals surface area contributed by atoms with Crippen LogP contribution >= 0.6 is 11.3 Å². The number of carbonyl (C=O) groups is 2. The molecule has 0 radical (unpaired) electrons. The van der Waals surface area contributed by atoms with Gasteiger partial charge in [0.2, 0.25) is 0 Å². The van der Waals surface area contributed by atoms with Gasteiger partial charge in [0.25, 0.3) is 5.91 Å². The van der Waals surface area contributed by atoms with Gasteiger partial charge >= 0.3 is 5.97 Å². The number of carboxylic acids is 1. The highest BCUT2D eigenvalue weighted by molar-refractivity contribution is 7.14. The SMILES string of the molecule is CCCc1cc(C(=O)N2CCC[C@@H](C(=O)O)C2)sc1C. The molecule has 0 saturated carbocycles. The summed E-state index contributed by atoms with van der Waals surface area (Å²) in [5.41, 5.74) is 1.24. The van der Waals surface area contributed by atoms with Gasteiger partial charge in [0.1, 0.15) is 0 Å². The highest BCUT2D eigenvalue weighted by atomic mass is 32.1. The molecule has 1 atom stereocenters. The van der Waals surface area contributed by atoms with E-state index < -0.39 is 11.9 Å². The van der Waals surface area contributed by atoms with Crippen molar-refractivity contribution in [2.75, 3.05) is 13.1 Å². The molecule has 0 aromatic carbocycles. The molecule has 2 heterocycles. The van der Waals surface area contributed by atoms with E-state index in [0.717, 1.165) is 24.1 Å². The molecule has 110 valence electrons. The van der Waals surface area contributed by atoms with E-state index in [-0.39, 0.29) is 5.91 Å². The van der Waals surface area contributed by atoms with Crippen molar-refractivity contribution in [2.24, 2.45) is 5.92 Å². The maximum Gasteiger partial charge on any atom is 0.308 e. The van der Waals surface area contributed by atoms with Crippen molar-refractivity contribution in [3.63, 3.8) is 0 Å². The minimum absolute atomic E-state index is 0.00796. The van der Waals surface area contributed by atoms with Crippen molar-refractivity contribution >= 4 is 23.2 Å². The molecule has 1 amide bonds. The molecule has 1 aliphatic heterocycles. The quantitative estimate of drug-likeness (QED) is 0.929. The molecule has 1 aliphatic rings. The minimum Gasteiger partial charge on any atom is -0.481 e. The zero-order valence-corrected chi connectivity index (χ0v) is 12.8. The number of rotatable bonds is 4. The number of carbonyl (C=O) groups excluding carboxylic acids is 1. The third-order valence-electron chi connectivity index (χ3n) is 3.81. The van der Waals surface area contributed by atoms with Gasteiger partial charge in [0, 0.05) is 18.0 Å². The highest BCUT2D eigenvalue weighted by Crippen LogP contribution is 2.26. The van der Waals surface area contributed by atoms with E-state index in [1.807, 2.05) is 13.0 Å². The summed E-state index contributed by atoms with van der Waals surface area (Å²) in [4.78, 5) is 27.2. The second kappa shape index (κ2) is 6.39. The molecule has 0 bridgehead atoms. The molecule has 0 spiro atoms. The van der Waals surface area contributed by atoms with Crippen molar-refractivity contribution in [1.29, 1.82) is 0 Å². The predicted octanol–water partition coefficient (Wildman–Crippen LogP) is 2.95. The summed E-state index contributed by atoms with van der Waals surface area (Å²) in [6.45, 7) is 5.18. The minimum atomic E-state index is -0.795. The van der Waals surface area contributed by atoms with Crippen LogP contribution in [0.1, 0.15) is 46.3 Å². The second-order valence-corrected chi connectivity index (χ2v) is 6.63. The number of nitrogens with zero attached hydrogens (tertiary/aromatic N) is 1. The highest BCUT2D eigenvalue weighted by Gasteiger charge is 2.29. The van der Waals surface area contributed by atoms with E-state index >= 15 is 0 Å². The molecular formula is C15H21NO3S. The van der Waals surface area contributed by atoms with Crippen molar-refractivity contribution in [1.82, 2.24) is 4.90 Å². The molecule has 1 aromatic rings. The van der Waals surface area contributed by atoms with E-state index in [1.165, 1.54) is 21.8 Å². The second-order valence-electron chi connectivity index (χ2n) is 5.37. The molecule has 1 aromatic heterocycles. The van der Waals surface area contributed by atoms with Gasteiger partial charge in [-0.15, -0.1) is 11.3 Å². The number of carboxylic acid groups (broad SMARTS) is 1. The Morgan fingerprint density at radius 3 is 2.90 bits per heavy atom. The van der Waals surface area contributed by atoms with E-state index in [2.05, 4.69) is 6.92 Å². The fourth-order valence-corrected chi connectivity index (χ4v) is 3.70. The van der Waals surface area contributed by atoms with E-state index in [1.54, 1.807) is 4.90 Å². The first-order chi connectivity index (χ1) is 9.52. The maximum absolute atomic E-state index is 12.5. The first-order valence-electron chi connectivity index (χ1n) is 7.14. The van der Waals surface area contributed by atoms with Crippen molar-refractivity contribution < 1.29 is 14.7 Å². The average molecular weight is 295 g/mol. The number of hydrogen-bond acceptors (Lipinski definition) is 3. The van der Waals surface area contributed by atoms with Gasteiger partial charge in [-0.25, -0.2) is 0 Å². The lowest BCUT2D eigenvalue weighted by atomic mass is 9.98. The van der Waals surface area contributed by atoms with E-state index in [0.29, 0.717) is 19.5 Å². The molecule has 5 heteroatoms. The van der Waals surface area contributed by atoms with Crippen LogP contribution in [0.3, 0.4) is 0 Å². The number of piperidine rings is 1. The normalized spacial score (nSPS) is 19.1. The monoisotopic (exact) mass is 295 g/mol. The lowest BCUT2D eigenvalue weighted by Crippen LogP contribution is -2.42. The van der Waals surface area contributed by atoms with Gasteiger partial charge in [-0.1, -0.05) is 13.3 Å². The van der Waals surface area contributed by atoms with Crippen LogP contribution in [-0.4, -0.2) is 35.0 Å². The molecule has 2 rings (SSSR count). The molecular weight excluding hydrogens is 274 g/mol. The first kappa shape index (κ1) is 15.0. The largest absolute Gasteiger partial charge is 0.481 e. The molecule has 0 unspecified atom stereocenters. The number of thiophene rings is 1. The Bertz CT molecular complexity index is 509. The Balaban J connectivity index is 2.10. The van der Waals surface area contributed by atoms with Crippen LogP contribution < -0.4 is 0 Å². The summed E-state index contributed by atoms with van der Waals surface area (Å²) in [6.07, 6.45) is 3.50. The van der Waals surface area contributed by atoms with E-state index in [4.69, 9.17) is 5.11 Å². The summed E-state index contributed by atoms with van der Waals surface area (Å²) < 4.78 is 0. The predicted molar refractivity (Wildman–Crippen MR) is 79.3 cm³/mol. The van der Waals surface area contributed by atoms with Crippen LogP contribution in [0.4, 0.5) is 0 Å². The van der Waals surface area contributed by atoms with Gasteiger partial charge in [0.05, 0.1) is 10.8 Å². The van der Waals surface area contributed by atoms with Crippen molar-refractivity contribution in [3.05, 3.63) is 21.4 Å². The Morgan fingerprint density at radius 1 is 1.50 bits per heavy atom. The summed E-state index contributed by atoms with van der Waals surface area (Å²) in [5.74, 6) is -1.22. The molecule has 4 nitrogen and oxygen atoms in total. The van der Waals surface area contributed by atoms with Crippen molar-refractivity contribution in [3.8, 4) is 0 Å². The number of likely N-dealkylation sites (tertiary alicyclic amines) is 1. The third-order valence-corrected chi connectivity index (χ3v) is 4.89. The van der Waals surface area contributed by atoms with Crippen LogP contribution in [0.2, 0.25) is 0 Å². The van der Waals surface area contributed by atoms with Crippen LogP contribution in [0, 0.1) is 12.8 Å². The topological polar surface area (TPSA) is 57.6 Å². The smallest absolute Gasteiger partial charge is 0.308 e. The summed E-state index contributed by atoms with van der Waals surface area (Å²) in [7, 11) is 0. The zero-order valence-electron chi connectivity index (χ0n) is 12.0. The Labute approximate surface area is 123 Å². The number of amides is 1. The lowest BCUT2D eigenvalue weighted by Gasteiger charge is -2.30. The molecule has 1 N–H and O–H groups in total. The lowest BCUT2D eigenvalue weighted by molar-refractivity contribution is -0.143. The van der Waals surface area contributed by atoms with Crippen LogP contribution in [0.5, 0.6) is 0 Å². The Morgan fingerprint density at radius 2 is 2.25 bits per heavy atom. The van der Waals surface area contributed by atoms with Crippen LogP contribution in [-0.2, 0) is 11.2 Å². The summed E-state index contributed by atoms with van der Waals surface area (Å²) in [6, 6.07) is 1.98. The van der Waals surface area contributed by atoms with Gasteiger partial charge in [-0.3, -0.25) is 9.59 Å². The molecule has 20 heavy (non-hydrogen) atoms. The zero-order chi connectivity index (χ0) is 14.7. The number of hydrogen-bond donors (Lipinski definition) is 1. The summed E-state index contributed by atoms with van der Waals surface area (Å²) >= 11 is 1.53. The van der Waals surface area contributed by atoms with Gasteiger partial charge < -0.3 is 10.0 Å². The third kappa shape index (κ3) is 3.20. The van der Waals surface area contributed by atoms with Crippen molar-refractivity contribution in [2.45, 2.75) is 39.5 Å². The Kier molecular flexibility index (Phi) is 4.81. The maximum atomic E-state index is 12.5. The fourth-order valence-electron chi connectivity index (χ4n) is 2.66.